The lowest BCUT2D eigenvalue weighted by Gasteiger charge is -2.17. The topological polar surface area (TPSA) is 51.8 Å². The van der Waals surface area contributed by atoms with Crippen molar-refractivity contribution in [3.63, 3.8) is 0 Å². The van der Waals surface area contributed by atoms with Crippen LogP contribution < -0.4 is 24.8 Å². The average Bonchev–Trinajstić information content (AvgIpc) is 2.97. The van der Waals surface area contributed by atoms with Gasteiger partial charge in [0, 0.05) is 24.7 Å². The molecule has 1 heterocycles. The van der Waals surface area contributed by atoms with Crippen LogP contribution in [-0.4, -0.2) is 40.5 Å². The van der Waals surface area contributed by atoms with Gasteiger partial charge in [-0.15, -0.1) is 0 Å². The highest BCUT2D eigenvalue weighted by molar-refractivity contribution is 5.64. The normalized spacial score (nSPS) is 18.2. The highest BCUT2D eigenvalue weighted by atomic mass is 16.5. The summed E-state index contributed by atoms with van der Waals surface area (Å²) in [5.41, 5.74) is 0.925. The lowest BCUT2D eigenvalue weighted by Crippen LogP contribution is -2.29. The van der Waals surface area contributed by atoms with Crippen LogP contribution in [0.4, 0.5) is 5.69 Å². The Labute approximate surface area is 114 Å². The Hall–Kier alpha value is -1.62. The Morgan fingerprint density at radius 2 is 1.79 bits per heavy atom. The van der Waals surface area contributed by atoms with Crippen molar-refractivity contribution in [2.75, 3.05) is 39.7 Å². The molecule has 106 valence electrons. The first-order valence-electron chi connectivity index (χ1n) is 6.55. The zero-order valence-electron chi connectivity index (χ0n) is 11.8. The molecule has 1 aromatic carbocycles. The lowest BCUT2D eigenvalue weighted by atomic mass is 10.2. The van der Waals surface area contributed by atoms with Crippen molar-refractivity contribution < 1.29 is 14.2 Å². The van der Waals surface area contributed by atoms with E-state index in [1.54, 1.807) is 21.3 Å². The van der Waals surface area contributed by atoms with Gasteiger partial charge in [-0.05, 0) is 19.4 Å². The van der Waals surface area contributed by atoms with Crippen molar-refractivity contribution >= 4 is 5.69 Å². The van der Waals surface area contributed by atoms with Crippen molar-refractivity contribution in [1.82, 2.24) is 5.32 Å². The van der Waals surface area contributed by atoms with Crippen LogP contribution in [-0.2, 0) is 0 Å². The van der Waals surface area contributed by atoms with Gasteiger partial charge in [-0.2, -0.15) is 0 Å². The Kier molecular flexibility index (Phi) is 4.74. The fourth-order valence-corrected chi connectivity index (χ4v) is 2.33. The standard InChI is InChI=1S/C14H22N2O3/c1-17-12-8-14(19-3)13(18-2)7-11(12)16-9-10-5-4-6-15-10/h7-8,10,15-16H,4-6,9H2,1-3H3. The Morgan fingerprint density at radius 3 is 2.37 bits per heavy atom. The van der Waals surface area contributed by atoms with E-state index < -0.39 is 0 Å². The number of ether oxygens (including phenoxy) is 3. The number of benzene rings is 1. The second-order valence-electron chi connectivity index (χ2n) is 4.58. The minimum Gasteiger partial charge on any atom is -0.494 e. The van der Waals surface area contributed by atoms with Gasteiger partial charge in [-0.25, -0.2) is 0 Å². The molecule has 19 heavy (non-hydrogen) atoms. The van der Waals surface area contributed by atoms with E-state index in [9.17, 15) is 0 Å². The first kappa shape index (κ1) is 13.8. The monoisotopic (exact) mass is 266 g/mol. The first-order valence-corrected chi connectivity index (χ1v) is 6.55. The summed E-state index contributed by atoms with van der Waals surface area (Å²) in [6, 6.07) is 4.27. The fraction of sp³-hybridized carbons (Fsp3) is 0.571. The van der Waals surface area contributed by atoms with E-state index >= 15 is 0 Å². The number of nitrogens with one attached hydrogen (secondary N) is 2. The summed E-state index contributed by atoms with van der Waals surface area (Å²) >= 11 is 0. The highest BCUT2D eigenvalue weighted by Crippen LogP contribution is 2.37. The van der Waals surface area contributed by atoms with Crippen molar-refractivity contribution in [2.45, 2.75) is 18.9 Å². The maximum absolute atomic E-state index is 5.38. The smallest absolute Gasteiger partial charge is 0.164 e. The highest BCUT2D eigenvalue weighted by Gasteiger charge is 2.16. The molecule has 1 atom stereocenters. The largest absolute Gasteiger partial charge is 0.494 e. The molecule has 0 bridgehead atoms. The number of hydrogen-bond donors (Lipinski definition) is 2. The predicted molar refractivity (Wildman–Crippen MR) is 75.6 cm³/mol. The molecule has 0 amide bonds. The predicted octanol–water partition coefficient (Wildman–Crippen LogP) is 1.88. The Morgan fingerprint density at radius 1 is 1.11 bits per heavy atom. The zero-order valence-corrected chi connectivity index (χ0v) is 11.8. The average molecular weight is 266 g/mol. The van der Waals surface area contributed by atoms with E-state index in [0.717, 1.165) is 24.5 Å². The first-order chi connectivity index (χ1) is 9.28. The van der Waals surface area contributed by atoms with E-state index in [4.69, 9.17) is 14.2 Å². The van der Waals surface area contributed by atoms with Gasteiger partial charge in [0.25, 0.3) is 0 Å². The van der Waals surface area contributed by atoms with Crippen LogP contribution in [0.3, 0.4) is 0 Å². The summed E-state index contributed by atoms with van der Waals surface area (Å²) in [5.74, 6) is 2.13. The molecule has 1 aliphatic rings. The lowest BCUT2D eigenvalue weighted by molar-refractivity contribution is 0.349. The van der Waals surface area contributed by atoms with E-state index in [1.165, 1.54) is 12.8 Å². The van der Waals surface area contributed by atoms with Crippen LogP contribution >= 0.6 is 0 Å². The van der Waals surface area contributed by atoms with E-state index in [1.807, 2.05) is 12.1 Å². The maximum Gasteiger partial charge on any atom is 0.164 e. The molecule has 5 heteroatoms. The van der Waals surface area contributed by atoms with Gasteiger partial charge in [0.05, 0.1) is 27.0 Å². The molecule has 2 N–H and O–H groups in total. The zero-order chi connectivity index (χ0) is 13.7. The summed E-state index contributed by atoms with van der Waals surface area (Å²) in [7, 11) is 4.90. The van der Waals surface area contributed by atoms with E-state index in [-0.39, 0.29) is 0 Å². The van der Waals surface area contributed by atoms with Crippen molar-refractivity contribution in [1.29, 1.82) is 0 Å². The van der Waals surface area contributed by atoms with Gasteiger partial charge in [-0.3, -0.25) is 0 Å². The summed E-state index contributed by atoms with van der Waals surface area (Å²) < 4.78 is 16.0. The van der Waals surface area contributed by atoms with Gasteiger partial charge < -0.3 is 24.8 Å². The molecular weight excluding hydrogens is 244 g/mol. The molecular formula is C14H22N2O3. The Balaban J connectivity index is 2.12. The van der Waals surface area contributed by atoms with Crippen LogP contribution in [0.15, 0.2) is 12.1 Å². The van der Waals surface area contributed by atoms with Gasteiger partial charge >= 0.3 is 0 Å². The number of anilines is 1. The quantitative estimate of drug-likeness (QED) is 0.823. The van der Waals surface area contributed by atoms with Gasteiger partial charge in [0.2, 0.25) is 0 Å². The van der Waals surface area contributed by atoms with Crippen LogP contribution in [0.1, 0.15) is 12.8 Å². The number of rotatable bonds is 6. The molecule has 1 unspecified atom stereocenters. The van der Waals surface area contributed by atoms with Gasteiger partial charge in [0.15, 0.2) is 11.5 Å². The summed E-state index contributed by atoms with van der Waals surface area (Å²) in [5, 5.41) is 6.87. The van der Waals surface area contributed by atoms with Crippen molar-refractivity contribution in [3.8, 4) is 17.2 Å². The molecule has 0 spiro atoms. The molecule has 0 aliphatic carbocycles. The molecule has 1 saturated heterocycles. The summed E-state index contributed by atoms with van der Waals surface area (Å²) in [4.78, 5) is 0. The second kappa shape index (κ2) is 6.52. The minimum atomic E-state index is 0.526. The number of hydrogen-bond acceptors (Lipinski definition) is 5. The SMILES string of the molecule is COc1cc(OC)c(OC)cc1NCC1CCCN1. The van der Waals surface area contributed by atoms with Crippen LogP contribution in [0.25, 0.3) is 0 Å². The Bertz CT molecular complexity index is 417. The summed E-state index contributed by atoms with van der Waals surface area (Å²) in [6.45, 7) is 1.99. The molecule has 0 aromatic heterocycles. The minimum absolute atomic E-state index is 0.526. The summed E-state index contributed by atoms with van der Waals surface area (Å²) in [6.07, 6.45) is 2.46. The molecule has 1 aromatic rings. The van der Waals surface area contributed by atoms with Gasteiger partial charge in [0.1, 0.15) is 5.75 Å². The van der Waals surface area contributed by atoms with Crippen molar-refractivity contribution in [2.24, 2.45) is 0 Å². The van der Waals surface area contributed by atoms with Crippen LogP contribution in [0.2, 0.25) is 0 Å². The van der Waals surface area contributed by atoms with Gasteiger partial charge in [-0.1, -0.05) is 0 Å². The maximum atomic E-state index is 5.38. The third-order valence-corrected chi connectivity index (χ3v) is 3.41. The molecule has 2 rings (SSSR count). The van der Waals surface area contributed by atoms with E-state index in [2.05, 4.69) is 10.6 Å². The molecule has 0 radical (unpaired) electrons. The fourth-order valence-electron chi connectivity index (χ4n) is 2.33. The van der Waals surface area contributed by atoms with Crippen LogP contribution in [0, 0.1) is 0 Å². The third-order valence-electron chi connectivity index (χ3n) is 3.41. The molecule has 0 saturated carbocycles. The molecule has 1 aliphatic heterocycles. The second-order valence-corrected chi connectivity index (χ2v) is 4.58. The third kappa shape index (κ3) is 3.23. The van der Waals surface area contributed by atoms with E-state index in [0.29, 0.717) is 17.5 Å². The molecule has 1 fully saturated rings. The van der Waals surface area contributed by atoms with Crippen LogP contribution in [0.5, 0.6) is 17.2 Å². The molecule has 5 nitrogen and oxygen atoms in total. The van der Waals surface area contributed by atoms with Crippen molar-refractivity contribution in [3.05, 3.63) is 12.1 Å². The number of methoxy groups -OCH3 is 3.